The van der Waals surface area contributed by atoms with Crippen LogP contribution in [0, 0.1) is 5.41 Å². The van der Waals surface area contributed by atoms with E-state index in [1.807, 2.05) is 42.6 Å². The topological polar surface area (TPSA) is 87.2 Å². The highest BCUT2D eigenvalue weighted by Crippen LogP contribution is 2.37. The standard InChI is InChI=1S/C24H31N3O3/c1-24(2,3)15-17(13-23(28)29)20-16-27-21-14-18(8-9-19(20)21)30-12-6-11-26-22-7-4-5-10-25-22/h4-5,7-10,14,16-17,27H,6,11-13,15H2,1-3H3,(H,25,26)(H,28,29). The van der Waals surface area contributed by atoms with Gasteiger partial charge in [0.1, 0.15) is 11.6 Å². The van der Waals surface area contributed by atoms with E-state index < -0.39 is 5.97 Å². The first-order chi connectivity index (χ1) is 14.3. The van der Waals surface area contributed by atoms with Crippen molar-refractivity contribution in [3.8, 4) is 5.75 Å². The lowest BCUT2D eigenvalue weighted by molar-refractivity contribution is -0.137. The van der Waals surface area contributed by atoms with Gasteiger partial charge in [-0.25, -0.2) is 4.98 Å². The van der Waals surface area contributed by atoms with E-state index in [-0.39, 0.29) is 17.8 Å². The van der Waals surface area contributed by atoms with Gasteiger partial charge < -0.3 is 20.1 Å². The molecule has 3 N–H and O–H groups in total. The number of rotatable bonds is 10. The van der Waals surface area contributed by atoms with Crippen molar-refractivity contribution in [2.24, 2.45) is 5.41 Å². The van der Waals surface area contributed by atoms with Crippen LogP contribution in [-0.4, -0.2) is 34.2 Å². The summed E-state index contributed by atoms with van der Waals surface area (Å²) in [5, 5.41) is 13.7. The molecule has 0 aliphatic carbocycles. The zero-order chi connectivity index (χ0) is 21.6. The van der Waals surface area contributed by atoms with Gasteiger partial charge in [0.2, 0.25) is 0 Å². The third kappa shape index (κ3) is 6.24. The Morgan fingerprint density at radius 3 is 2.80 bits per heavy atom. The SMILES string of the molecule is CC(C)(C)CC(CC(=O)O)c1c[nH]c2cc(OCCCNc3ccccn3)ccc12. The van der Waals surface area contributed by atoms with Gasteiger partial charge >= 0.3 is 5.97 Å². The second-order valence-corrected chi connectivity index (χ2v) is 8.85. The van der Waals surface area contributed by atoms with Gasteiger partial charge in [-0.05, 0) is 54.0 Å². The van der Waals surface area contributed by atoms with Crippen LogP contribution in [0.2, 0.25) is 0 Å². The number of aliphatic carboxylic acids is 1. The summed E-state index contributed by atoms with van der Waals surface area (Å²) < 4.78 is 5.89. The minimum absolute atomic E-state index is 0.0271. The van der Waals surface area contributed by atoms with Gasteiger partial charge in [-0.15, -0.1) is 0 Å². The molecule has 6 nitrogen and oxygen atoms in total. The van der Waals surface area contributed by atoms with E-state index in [0.717, 1.165) is 47.4 Å². The van der Waals surface area contributed by atoms with Gasteiger partial charge in [-0.2, -0.15) is 0 Å². The number of pyridine rings is 1. The third-order valence-corrected chi connectivity index (χ3v) is 4.97. The van der Waals surface area contributed by atoms with E-state index in [0.29, 0.717) is 6.61 Å². The number of fused-ring (bicyclic) bond motifs is 1. The maximum Gasteiger partial charge on any atom is 0.303 e. The van der Waals surface area contributed by atoms with Gasteiger partial charge in [-0.1, -0.05) is 26.8 Å². The number of hydrogen-bond acceptors (Lipinski definition) is 4. The first-order valence-electron chi connectivity index (χ1n) is 10.4. The Bertz CT molecular complexity index is 961. The van der Waals surface area contributed by atoms with Crippen molar-refractivity contribution in [1.29, 1.82) is 0 Å². The number of nitrogens with zero attached hydrogens (tertiary/aromatic N) is 1. The van der Waals surface area contributed by atoms with Crippen LogP contribution in [-0.2, 0) is 4.79 Å². The largest absolute Gasteiger partial charge is 0.493 e. The molecule has 3 rings (SSSR count). The first kappa shape index (κ1) is 21.7. The smallest absolute Gasteiger partial charge is 0.303 e. The van der Waals surface area contributed by atoms with Crippen molar-refractivity contribution < 1.29 is 14.6 Å². The molecule has 0 aliphatic rings. The Morgan fingerprint density at radius 2 is 2.10 bits per heavy atom. The molecule has 0 bridgehead atoms. The molecule has 1 atom stereocenters. The number of aromatic amines is 1. The lowest BCUT2D eigenvalue weighted by atomic mass is 9.80. The predicted molar refractivity (Wildman–Crippen MR) is 120 cm³/mol. The Morgan fingerprint density at radius 1 is 1.27 bits per heavy atom. The van der Waals surface area contributed by atoms with Gasteiger partial charge in [0.25, 0.3) is 0 Å². The van der Waals surface area contributed by atoms with Gasteiger partial charge in [-0.3, -0.25) is 4.79 Å². The number of nitrogens with one attached hydrogen (secondary N) is 2. The van der Waals surface area contributed by atoms with Gasteiger partial charge in [0.15, 0.2) is 0 Å². The molecule has 6 heteroatoms. The summed E-state index contributed by atoms with van der Waals surface area (Å²) in [5.74, 6) is 0.877. The molecule has 0 amide bonds. The van der Waals surface area contributed by atoms with Gasteiger partial charge in [0, 0.05) is 35.9 Å². The van der Waals surface area contributed by atoms with E-state index in [9.17, 15) is 9.90 Å². The van der Waals surface area contributed by atoms with Crippen molar-refractivity contribution >= 4 is 22.7 Å². The van der Waals surface area contributed by atoms with Crippen LogP contribution in [0.25, 0.3) is 10.9 Å². The van der Waals surface area contributed by atoms with E-state index in [1.165, 1.54) is 0 Å². The maximum absolute atomic E-state index is 11.4. The summed E-state index contributed by atoms with van der Waals surface area (Å²) in [4.78, 5) is 18.9. The molecular formula is C24H31N3O3. The Balaban J connectivity index is 1.60. The molecule has 0 spiro atoms. The number of anilines is 1. The number of hydrogen-bond donors (Lipinski definition) is 3. The monoisotopic (exact) mass is 409 g/mol. The van der Waals surface area contributed by atoms with Crippen LogP contribution >= 0.6 is 0 Å². The minimum atomic E-state index is -0.766. The number of carbonyl (C=O) groups is 1. The molecule has 1 aromatic carbocycles. The summed E-state index contributed by atoms with van der Waals surface area (Å²) in [7, 11) is 0. The number of carboxylic acid groups (broad SMARTS) is 1. The molecule has 0 aliphatic heterocycles. The lowest BCUT2D eigenvalue weighted by Crippen LogP contribution is -2.15. The average molecular weight is 410 g/mol. The van der Waals surface area contributed by atoms with E-state index in [2.05, 4.69) is 36.1 Å². The molecule has 2 aromatic heterocycles. The Hall–Kier alpha value is -3.02. The van der Waals surface area contributed by atoms with Crippen molar-refractivity contribution in [1.82, 2.24) is 9.97 Å². The molecule has 2 heterocycles. The summed E-state index contributed by atoms with van der Waals surface area (Å²) in [6.07, 6.45) is 5.52. The third-order valence-electron chi connectivity index (χ3n) is 4.97. The van der Waals surface area contributed by atoms with E-state index in [4.69, 9.17) is 4.74 Å². The number of benzene rings is 1. The second-order valence-electron chi connectivity index (χ2n) is 8.85. The molecular weight excluding hydrogens is 378 g/mol. The molecule has 0 fully saturated rings. The van der Waals surface area contributed by atoms with Crippen molar-refractivity contribution in [2.45, 2.75) is 46.0 Å². The number of ether oxygens (including phenoxy) is 1. The normalized spacial score (nSPS) is 12.6. The maximum atomic E-state index is 11.4. The first-order valence-corrected chi connectivity index (χ1v) is 10.4. The molecule has 30 heavy (non-hydrogen) atoms. The van der Waals surface area contributed by atoms with Crippen LogP contribution in [0.5, 0.6) is 5.75 Å². The molecule has 0 saturated carbocycles. The predicted octanol–water partition coefficient (Wildman–Crippen LogP) is 5.44. The number of H-pyrrole nitrogens is 1. The zero-order valence-corrected chi connectivity index (χ0v) is 17.9. The van der Waals surface area contributed by atoms with Crippen LogP contribution in [0.4, 0.5) is 5.82 Å². The number of aromatic nitrogens is 2. The highest BCUT2D eigenvalue weighted by molar-refractivity contribution is 5.85. The molecule has 0 radical (unpaired) electrons. The summed E-state index contributed by atoms with van der Waals surface area (Å²) in [6.45, 7) is 7.82. The fourth-order valence-electron chi connectivity index (χ4n) is 3.74. The lowest BCUT2D eigenvalue weighted by Gasteiger charge is -2.25. The number of carboxylic acids is 1. The molecule has 3 aromatic rings. The zero-order valence-electron chi connectivity index (χ0n) is 17.9. The summed E-state index contributed by atoms with van der Waals surface area (Å²) in [6, 6.07) is 11.8. The van der Waals surface area contributed by atoms with Crippen LogP contribution in [0.1, 0.15) is 51.5 Å². The highest BCUT2D eigenvalue weighted by atomic mass is 16.5. The minimum Gasteiger partial charge on any atom is -0.493 e. The summed E-state index contributed by atoms with van der Waals surface area (Å²) in [5.41, 5.74) is 2.09. The molecule has 0 saturated heterocycles. The molecule has 1 unspecified atom stereocenters. The van der Waals surface area contributed by atoms with Gasteiger partial charge in [0.05, 0.1) is 13.0 Å². The van der Waals surface area contributed by atoms with Crippen molar-refractivity contribution in [2.75, 3.05) is 18.5 Å². The van der Waals surface area contributed by atoms with Crippen molar-refractivity contribution in [3.63, 3.8) is 0 Å². The van der Waals surface area contributed by atoms with Crippen LogP contribution < -0.4 is 10.1 Å². The Kier molecular flexibility index (Phi) is 6.98. The van der Waals surface area contributed by atoms with Crippen LogP contribution in [0.15, 0.2) is 48.8 Å². The molecule has 160 valence electrons. The highest BCUT2D eigenvalue weighted by Gasteiger charge is 2.25. The fraction of sp³-hybridized carbons (Fsp3) is 0.417. The van der Waals surface area contributed by atoms with Crippen LogP contribution in [0.3, 0.4) is 0 Å². The average Bonchev–Trinajstić information content (AvgIpc) is 3.10. The summed E-state index contributed by atoms with van der Waals surface area (Å²) >= 11 is 0. The van der Waals surface area contributed by atoms with E-state index in [1.54, 1.807) is 6.20 Å². The second kappa shape index (κ2) is 9.65. The quantitative estimate of drug-likeness (QED) is 0.388. The van der Waals surface area contributed by atoms with E-state index >= 15 is 0 Å². The van der Waals surface area contributed by atoms with Crippen molar-refractivity contribution in [3.05, 3.63) is 54.4 Å². The Labute approximate surface area is 177 Å². The fourth-order valence-corrected chi connectivity index (χ4v) is 3.74.